The van der Waals surface area contributed by atoms with Crippen molar-refractivity contribution >= 4 is 22.4 Å². The average Bonchev–Trinajstić information content (AvgIpc) is 3.17. The van der Waals surface area contributed by atoms with E-state index in [1.165, 1.54) is 11.3 Å². The van der Waals surface area contributed by atoms with Crippen LogP contribution < -0.4 is 5.32 Å². The van der Waals surface area contributed by atoms with Crippen LogP contribution in [0.3, 0.4) is 0 Å². The van der Waals surface area contributed by atoms with E-state index in [1.807, 2.05) is 24.7 Å². The summed E-state index contributed by atoms with van der Waals surface area (Å²) in [6.45, 7) is 5.26. The highest BCUT2D eigenvalue weighted by Crippen LogP contribution is 2.35. The molecule has 1 N–H and O–H groups in total. The van der Waals surface area contributed by atoms with E-state index in [0.717, 1.165) is 17.1 Å². The van der Waals surface area contributed by atoms with E-state index in [4.69, 9.17) is 4.74 Å². The zero-order valence-electron chi connectivity index (χ0n) is 11.9. The lowest BCUT2D eigenvalue weighted by Crippen LogP contribution is -2.25. The first-order valence-electron chi connectivity index (χ1n) is 6.92. The second-order valence-electron chi connectivity index (χ2n) is 4.93. The third-order valence-corrected chi connectivity index (χ3v) is 4.24. The van der Waals surface area contributed by atoms with Crippen LogP contribution in [0, 0.1) is 12.8 Å². The molecule has 2 aromatic rings. The van der Waals surface area contributed by atoms with Gasteiger partial charge in [-0.2, -0.15) is 5.10 Å². The molecule has 0 spiro atoms. The maximum atomic E-state index is 12.4. The summed E-state index contributed by atoms with van der Waals surface area (Å²) < 4.78 is 7.56. The van der Waals surface area contributed by atoms with Crippen molar-refractivity contribution < 1.29 is 9.53 Å². The summed E-state index contributed by atoms with van der Waals surface area (Å²) in [6.07, 6.45) is 4.17. The van der Waals surface area contributed by atoms with E-state index in [2.05, 4.69) is 20.6 Å². The standard InChI is InChI=1S/C13H17N5O2S/c1-3-18-7-9(6-14-18)11-10(4-5-20-11)12(19)15-13-17-16-8(2)21-13/h6-7,10-11H,3-5H2,1-2H3,(H,15,17,19)/t10-,11+/m0/s1. The number of amides is 1. The normalized spacial score (nSPS) is 21.6. The maximum Gasteiger partial charge on any atom is 0.232 e. The fourth-order valence-corrected chi connectivity index (χ4v) is 3.03. The van der Waals surface area contributed by atoms with Crippen molar-refractivity contribution in [2.45, 2.75) is 32.9 Å². The van der Waals surface area contributed by atoms with Crippen LogP contribution in [0.4, 0.5) is 5.13 Å². The Balaban J connectivity index is 1.72. The summed E-state index contributed by atoms with van der Waals surface area (Å²) >= 11 is 1.37. The molecule has 1 fully saturated rings. The van der Waals surface area contributed by atoms with E-state index in [0.29, 0.717) is 18.2 Å². The van der Waals surface area contributed by atoms with Crippen LogP contribution in [0.1, 0.15) is 30.0 Å². The van der Waals surface area contributed by atoms with Gasteiger partial charge in [-0.3, -0.25) is 9.48 Å². The summed E-state index contributed by atoms with van der Waals surface area (Å²) in [5.41, 5.74) is 0.947. The summed E-state index contributed by atoms with van der Waals surface area (Å²) in [7, 11) is 0. The summed E-state index contributed by atoms with van der Waals surface area (Å²) in [4.78, 5) is 12.4. The van der Waals surface area contributed by atoms with Gasteiger partial charge >= 0.3 is 0 Å². The Morgan fingerprint density at radius 3 is 3.10 bits per heavy atom. The highest BCUT2D eigenvalue weighted by molar-refractivity contribution is 7.15. The molecule has 0 bridgehead atoms. The van der Waals surface area contributed by atoms with Crippen LogP contribution in [-0.2, 0) is 16.1 Å². The van der Waals surface area contributed by atoms with E-state index >= 15 is 0 Å². The lowest BCUT2D eigenvalue weighted by atomic mass is 9.96. The Kier molecular flexibility index (Phi) is 3.98. The number of carbonyl (C=O) groups is 1. The molecular weight excluding hydrogens is 290 g/mol. The van der Waals surface area contributed by atoms with Crippen LogP contribution >= 0.6 is 11.3 Å². The Bertz CT molecular complexity index is 638. The lowest BCUT2D eigenvalue weighted by Gasteiger charge is -2.15. The second-order valence-corrected chi connectivity index (χ2v) is 6.11. The first-order valence-corrected chi connectivity index (χ1v) is 7.74. The summed E-state index contributed by atoms with van der Waals surface area (Å²) in [6, 6.07) is 0. The lowest BCUT2D eigenvalue weighted by molar-refractivity contribution is -0.121. The Hall–Kier alpha value is -1.80. The molecule has 3 rings (SSSR count). The number of carbonyl (C=O) groups excluding carboxylic acids is 1. The SMILES string of the molecule is CCn1cc([C@H]2OCC[C@@H]2C(=O)Nc2nnc(C)s2)cn1. The van der Waals surface area contributed by atoms with E-state index in [-0.39, 0.29) is 17.9 Å². The molecule has 2 aromatic heterocycles. The van der Waals surface area contributed by atoms with Gasteiger partial charge in [0.2, 0.25) is 11.0 Å². The van der Waals surface area contributed by atoms with Gasteiger partial charge in [0.15, 0.2) is 0 Å². The molecule has 1 aliphatic rings. The summed E-state index contributed by atoms with van der Waals surface area (Å²) in [5, 5.41) is 16.2. The van der Waals surface area contributed by atoms with Crippen LogP contribution in [0.2, 0.25) is 0 Å². The first kappa shape index (κ1) is 14.2. The minimum atomic E-state index is -0.237. The molecule has 112 valence electrons. The van der Waals surface area contributed by atoms with Gasteiger partial charge < -0.3 is 10.1 Å². The van der Waals surface area contributed by atoms with Crippen LogP contribution in [-0.4, -0.2) is 32.5 Å². The van der Waals surface area contributed by atoms with Crippen LogP contribution in [0.5, 0.6) is 0 Å². The quantitative estimate of drug-likeness (QED) is 0.931. The van der Waals surface area contributed by atoms with Gasteiger partial charge in [0, 0.05) is 24.9 Å². The number of ether oxygens (including phenoxy) is 1. The van der Waals surface area contributed by atoms with Crippen molar-refractivity contribution in [2.75, 3.05) is 11.9 Å². The molecule has 0 radical (unpaired) electrons. The Morgan fingerprint density at radius 1 is 1.57 bits per heavy atom. The second kappa shape index (κ2) is 5.90. The van der Waals surface area contributed by atoms with Gasteiger partial charge in [0.1, 0.15) is 5.01 Å². The number of nitrogens with one attached hydrogen (secondary N) is 1. The molecule has 0 aliphatic carbocycles. The van der Waals surface area contributed by atoms with Crippen molar-refractivity contribution in [3.8, 4) is 0 Å². The molecular formula is C13H17N5O2S. The smallest absolute Gasteiger partial charge is 0.232 e. The molecule has 1 saturated heterocycles. The molecule has 3 heterocycles. The topological polar surface area (TPSA) is 81.9 Å². The molecule has 21 heavy (non-hydrogen) atoms. The zero-order chi connectivity index (χ0) is 14.8. The predicted molar refractivity (Wildman–Crippen MR) is 78.0 cm³/mol. The number of anilines is 1. The van der Waals surface area contributed by atoms with E-state index < -0.39 is 0 Å². The highest BCUT2D eigenvalue weighted by atomic mass is 32.1. The number of hydrogen-bond donors (Lipinski definition) is 1. The molecule has 8 heteroatoms. The van der Waals surface area contributed by atoms with Gasteiger partial charge in [0.05, 0.1) is 18.2 Å². The molecule has 1 amide bonds. The summed E-state index contributed by atoms with van der Waals surface area (Å²) in [5.74, 6) is -0.290. The fourth-order valence-electron chi connectivity index (χ4n) is 2.43. The van der Waals surface area contributed by atoms with Crippen LogP contribution in [0.15, 0.2) is 12.4 Å². The van der Waals surface area contributed by atoms with Gasteiger partial charge in [0.25, 0.3) is 0 Å². The van der Waals surface area contributed by atoms with E-state index in [9.17, 15) is 4.79 Å². The van der Waals surface area contributed by atoms with E-state index in [1.54, 1.807) is 6.20 Å². The fraction of sp³-hybridized carbons (Fsp3) is 0.538. The van der Waals surface area contributed by atoms with Crippen molar-refractivity contribution in [2.24, 2.45) is 5.92 Å². The monoisotopic (exact) mass is 307 g/mol. The molecule has 7 nitrogen and oxygen atoms in total. The molecule has 0 saturated carbocycles. The first-order chi connectivity index (χ1) is 10.2. The predicted octanol–water partition coefficient (Wildman–Crippen LogP) is 1.78. The van der Waals surface area contributed by atoms with Crippen LogP contribution in [0.25, 0.3) is 0 Å². The number of nitrogens with zero attached hydrogens (tertiary/aromatic N) is 4. The van der Waals surface area contributed by atoms with Crippen molar-refractivity contribution in [1.82, 2.24) is 20.0 Å². The number of rotatable bonds is 4. The third-order valence-electron chi connectivity index (χ3n) is 3.49. The number of aromatic nitrogens is 4. The minimum absolute atomic E-state index is 0.0714. The largest absolute Gasteiger partial charge is 0.373 e. The Morgan fingerprint density at radius 2 is 2.43 bits per heavy atom. The number of hydrogen-bond acceptors (Lipinski definition) is 6. The molecule has 2 atom stereocenters. The highest BCUT2D eigenvalue weighted by Gasteiger charge is 2.36. The maximum absolute atomic E-state index is 12.4. The average molecular weight is 307 g/mol. The minimum Gasteiger partial charge on any atom is -0.373 e. The molecule has 0 aromatic carbocycles. The molecule has 1 aliphatic heterocycles. The third kappa shape index (κ3) is 2.96. The van der Waals surface area contributed by atoms with Gasteiger partial charge in [-0.15, -0.1) is 10.2 Å². The zero-order valence-corrected chi connectivity index (χ0v) is 12.8. The van der Waals surface area contributed by atoms with Crippen molar-refractivity contribution in [1.29, 1.82) is 0 Å². The van der Waals surface area contributed by atoms with Gasteiger partial charge in [-0.05, 0) is 20.3 Å². The van der Waals surface area contributed by atoms with Crippen molar-refractivity contribution in [3.63, 3.8) is 0 Å². The number of aryl methyl sites for hydroxylation is 2. The Labute approximate surface area is 126 Å². The van der Waals surface area contributed by atoms with Crippen molar-refractivity contribution in [3.05, 3.63) is 23.0 Å². The van der Waals surface area contributed by atoms with Gasteiger partial charge in [-0.1, -0.05) is 11.3 Å². The molecule has 0 unspecified atom stereocenters. The van der Waals surface area contributed by atoms with Gasteiger partial charge in [-0.25, -0.2) is 0 Å².